The molecule has 16 heavy (non-hydrogen) atoms. The Kier molecular flexibility index (Phi) is 6.10. The lowest BCUT2D eigenvalue weighted by Crippen LogP contribution is -2.17. The molecule has 0 aromatic carbocycles. The maximum absolute atomic E-state index is 11.2. The predicted octanol–water partition coefficient (Wildman–Crippen LogP) is 1.15. The van der Waals surface area contributed by atoms with E-state index in [1.165, 1.54) is 0 Å². The Morgan fingerprint density at radius 2 is 1.69 bits per heavy atom. The average Bonchev–Trinajstić information content (AvgIpc) is 2.15. The molecule has 5 heteroatoms. The summed E-state index contributed by atoms with van der Waals surface area (Å²) in [5.74, 6) is -1.67. The molecule has 0 spiro atoms. The number of carbonyl (C=O) groups excluding carboxylic acids is 1. The first-order valence-electron chi connectivity index (χ1n) is 4.72. The maximum atomic E-state index is 11.2. The van der Waals surface area contributed by atoms with Crippen molar-refractivity contribution in [1.29, 1.82) is 0 Å². The van der Waals surface area contributed by atoms with E-state index in [1.54, 1.807) is 13.8 Å². The van der Waals surface area contributed by atoms with E-state index in [0.29, 0.717) is 0 Å². The summed E-state index contributed by atoms with van der Waals surface area (Å²) < 4.78 is 9.80. The molecule has 90 valence electrons. The van der Waals surface area contributed by atoms with Gasteiger partial charge in [-0.25, -0.2) is 9.59 Å². The van der Waals surface area contributed by atoms with E-state index in [1.807, 2.05) is 0 Å². The molecule has 0 fully saturated rings. The number of esters is 1. The fourth-order valence-electron chi connectivity index (χ4n) is 0.716. The molecule has 0 saturated carbocycles. The number of carboxylic acids is 1. The van der Waals surface area contributed by atoms with E-state index >= 15 is 0 Å². The van der Waals surface area contributed by atoms with Crippen LogP contribution in [0.1, 0.15) is 13.8 Å². The van der Waals surface area contributed by atoms with Crippen LogP contribution in [0.25, 0.3) is 0 Å². The first kappa shape index (κ1) is 14.4. The van der Waals surface area contributed by atoms with Crippen LogP contribution in [0.5, 0.6) is 0 Å². The number of rotatable bonds is 7. The van der Waals surface area contributed by atoms with Crippen molar-refractivity contribution in [3.05, 3.63) is 24.3 Å². The molecular weight excluding hydrogens is 212 g/mol. The molecule has 0 unspecified atom stereocenters. The Hall–Kier alpha value is -1.62. The smallest absolute Gasteiger partial charge is 0.336 e. The fourth-order valence-corrected chi connectivity index (χ4v) is 0.716. The Morgan fingerprint density at radius 1 is 1.19 bits per heavy atom. The molecule has 0 rings (SSSR count). The highest BCUT2D eigenvalue weighted by Crippen LogP contribution is 2.01. The molecule has 0 aromatic rings. The summed E-state index contributed by atoms with van der Waals surface area (Å²) in [5, 5.41) is 8.48. The Balaban J connectivity index is 3.86. The Labute approximate surface area is 94.4 Å². The summed E-state index contributed by atoms with van der Waals surface area (Å²) in [6.07, 6.45) is -0.224. The molecule has 0 saturated heterocycles. The van der Waals surface area contributed by atoms with Crippen molar-refractivity contribution in [2.24, 2.45) is 0 Å². The molecule has 1 N–H and O–H groups in total. The van der Waals surface area contributed by atoms with Gasteiger partial charge in [-0.05, 0) is 13.8 Å². The van der Waals surface area contributed by atoms with Crippen LogP contribution in [0.2, 0.25) is 0 Å². The minimum Gasteiger partial charge on any atom is -0.478 e. The quantitative estimate of drug-likeness (QED) is 0.522. The lowest BCUT2D eigenvalue weighted by molar-refractivity contribution is -0.143. The van der Waals surface area contributed by atoms with Crippen molar-refractivity contribution in [3.63, 3.8) is 0 Å². The summed E-state index contributed by atoms with van der Waals surface area (Å²) in [6, 6.07) is 0. The minimum absolute atomic E-state index is 0.0716. The lowest BCUT2D eigenvalue weighted by Gasteiger charge is -2.10. The van der Waals surface area contributed by atoms with Crippen LogP contribution in [0, 0.1) is 0 Å². The van der Waals surface area contributed by atoms with Crippen molar-refractivity contribution in [1.82, 2.24) is 0 Å². The summed E-state index contributed by atoms with van der Waals surface area (Å²) in [4.78, 5) is 21.6. The molecular formula is C11H16O5. The van der Waals surface area contributed by atoms with E-state index in [-0.39, 0.29) is 30.5 Å². The molecule has 0 bridgehead atoms. The summed E-state index contributed by atoms with van der Waals surface area (Å²) >= 11 is 0. The second-order valence-corrected chi connectivity index (χ2v) is 3.46. The Morgan fingerprint density at radius 3 is 2.12 bits per heavy atom. The van der Waals surface area contributed by atoms with Gasteiger partial charge in [-0.3, -0.25) is 0 Å². The van der Waals surface area contributed by atoms with Gasteiger partial charge in [0.2, 0.25) is 0 Å². The first-order chi connectivity index (χ1) is 7.34. The van der Waals surface area contributed by atoms with Gasteiger partial charge in [-0.15, -0.1) is 0 Å². The summed E-state index contributed by atoms with van der Waals surface area (Å²) in [6.45, 7) is 9.97. The average molecular weight is 228 g/mol. The van der Waals surface area contributed by atoms with E-state index in [4.69, 9.17) is 14.6 Å². The van der Waals surface area contributed by atoms with Crippen molar-refractivity contribution in [2.45, 2.75) is 20.0 Å². The molecule has 0 aliphatic carbocycles. The molecule has 0 aliphatic rings. The molecule has 0 amide bonds. The van der Waals surface area contributed by atoms with Crippen molar-refractivity contribution in [2.75, 3.05) is 13.2 Å². The number of carboxylic acid groups (broad SMARTS) is 1. The Bertz CT molecular complexity index is 303. The van der Waals surface area contributed by atoms with E-state index in [2.05, 4.69) is 13.2 Å². The number of ether oxygens (including phenoxy) is 2. The van der Waals surface area contributed by atoms with Crippen LogP contribution < -0.4 is 0 Å². The van der Waals surface area contributed by atoms with E-state index < -0.39 is 11.9 Å². The van der Waals surface area contributed by atoms with Gasteiger partial charge < -0.3 is 14.6 Å². The first-order valence-corrected chi connectivity index (χ1v) is 4.72. The van der Waals surface area contributed by atoms with Crippen LogP contribution in [0.15, 0.2) is 24.3 Å². The highest BCUT2D eigenvalue weighted by atomic mass is 16.5. The van der Waals surface area contributed by atoms with Gasteiger partial charge in [0.1, 0.15) is 0 Å². The van der Waals surface area contributed by atoms with Gasteiger partial charge in [0, 0.05) is 0 Å². The number of aliphatic carboxylic acids is 1. The van der Waals surface area contributed by atoms with Crippen LogP contribution in [-0.4, -0.2) is 36.4 Å². The molecule has 0 atom stereocenters. The van der Waals surface area contributed by atoms with Crippen molar-refractivity contribution >= 4 is 11.9 Å². The molecule has 0 heterocycles. The SMILES string of the molecule is C=C(COCC(=C)C(=O)OC(C)C)C(=O)O. The zero-order chi connectivity index (χ0) is 12.7. The van der Waals surface area contributed by atoms with Crippen LogP contribution >= 0.6 is 0 Å². The minimum atomic E-state index is -1.13. The topological polar surface area (TPSA) is 72.8 Å². The third-order valence-electron chi connectivity index (χ3n) is 1.49. The zero-order valence-corrected chi connectivity index (χ0v) is 9.49. The van der Waals surface area contributed by atoms with Crippen LogP contribution in [0.4, 0.5) is 0 Å². The lowest BCUT2D eigenvalue weighted by atomic mass is 10.3. The van der Waals surface area contributed by atoms with Crippen molar-refractivity contribution < 1.29 is 24.2 Å². The van der Waals surface area contributed by atoms with E-state index in [9.17, 15) is 9.59 Å². The number of carbonyl (C=O) groups is 2. The van der Waals surface area contributed by atoms with Gasteiger partial charge in [0.15, 0.2) is 0 Å². The fraction of sp³-hybridized carbons (Fsp3) is 0.455. The van der Waals surface area contributed by atoms with Gasteiger partial charge in [-0.2, -0.15) is 0 Å². The highest BCUT2D eigenvalue weighted by Gasteiger charge is 2.11. The van der Waals surface area contributed by atoms with E-state index in [0.717, 1.165) is 0 Å². The largest absolute Gasteiger partial charge is 0.478 e. The maximum Gasteiger partial charge on any atom is 0.336 e. The number of hydrogen-bond donors (Lipinski definition) is 1. The van der Waals surface area contributed by atoms with Gasteiger partial charge in [0.25, 0.3) is 0 Å². The summed E-state index contributed by atoms with van der Waals surface area (Å²) in [7, 11) is 0. The molecule has 0 aliphatic heterocycles. The van der Waals surface area contributed by atoms with Crippen LogP contribution in [-0.2, 0) is 19.1 Å². The standard InChI is InChI=1S/C11H16O5/c1-7(2)16-11(14)9(4)6-15-5-8(3)10(12)13/h7H,3-6H2,1-2H3,(H,12,13). The monoisotopic (exact) mass is 228 g/mol. The second-order valence-electron chi connectivity index (χ2n) is 3.46. The van der Waals surface area contributed by atoms with Crippen molar-refractivity contribution in [3.8, 4) is 0 Å². The molecule has 0 aromatic heterocycles. The molecule has 0 radical (unpaired) electrons. The third-order valence-corrected chi connectivity index (χ3v) is 1.49. The predicted molar refractivity (Wildman–Crippen MR) is 58.0 cm³/mol. The van der Waals surface area contributed by atoms with Gasteiger partial charge >= 0.3 is 11.9 Å². The number of hydrogen-bond acceptors (Lipinski definition) is 4. The second kappa shape index (κ2) is 6.79. The van der Waals surface area contributed by atoms with Gasteiger partial charge in [0.05, 0.1) is 30.5 Å². The molecule has 5 nitrogen and oxygen atoms in total. The normalized spacial score (nSPS) is 9.94. The third kappa shape index (κ3) is 5.98. The van der Waals surface area contributed by atoms with Gasteiger partial charge in [-0.1, -0.05) is 13.2 Å². The highest BCUT2D eigenvalue weighted by molar-refractivity contribution is 5.88. The summed E-state index contributed by atoms with van der Waals surface area (Å²) in [5.41, 5.74) is 0.0666. The van der Waals surface area contributed by atoms with Crippen LogP contribution in [0.3, 0.4) is 0 Å². The zero-order valence-electron chi connectivity index (χ0n) is 9.49.